The van der Waals surface area contributed by atoms with Gasteiger partial charge in [0.05, 0.1) is 12.7 Å². The first-order valence-electron chi connectivity index (χ1n) is 8.73. The molecule has 0 radical (unpaired) electrons. The lowest BCUT2D eigenvalue weighted by Crippen LogP contribution is -2.13. The maximum atomic E-state index is 12.6. The van der Waals surface area contributed by atoms with Gasteiger partial charge in [-0.2, -0.15) is 0 Å². The quantitative estimate of drug-likeness (QED) is 0.783. The van der Waals surface area contributed by atoms with E-state index in [4.69, 9.17) is 4.74 Å². The standard InChI is InChI=1S/C20H20N4O2/c1-26-17-10-3-2-9-16(17)20(25)21-15-8-6-7-14(13-15)19-23-22-18-11-4-5-12-24(18)19/h2-3,6-10,13H,4-5,11-12H2,1H3,(H,21,25). The number of ether oxygens (including phenoxy) is 1. The molecule has 2 aromatic carbocycles. The van der Waals surface area contributed by atoms with Gasteiger partial charge in [-0.15, -0.1) is 10.2 Å². The van der Waals surface area contributed by atoms with Crippen LogP contribution in [-0.2, 0) is 13.0 Å². The Hall–Kier alpha value is -3.15. The first kappa shape index (κ1) is 16.3. The number of rotatable bonds is 4. The molecular weight excluding hydrogens is 328 g/mol. The second-order valence-corrected chi connectivity index (χ2v) is 6.28. The number of hydrogen-bond acceptors (Lipinski definition) is 4. The highest BCUT2D eigenvalue weighted by molar-refractivity contribution is 6.06. The fraction of sp³-hybridized carbons (Fsp3) is 0.250. The molecule has 0 spiro atoms. The number of carbonyl (C=O) groups is 1. The van der Waals surface area contributed by atoms with Crippen LogP contribution in [0.5, 0.6) is 5.75 Å². The van der Waals surface area contributed by atoms with Gasteiger partial charge in [-0.1, -0.05) is 24.3 Å². The zero-order chi connectivity index (χ0) is 17.9. The number of benzene rings is 2. The fourth-order valence-electron chi connectivity index (χ4n) is 3.29. The summed E-state index contributed by atoms with van der Waals surface area (Å²) in [7, 11) is 1.56. The minimum atomic E-state index is -0.206. The lowest BCUT2D eigenvalue weighted by molar-refractivity contribution is 0.102. The Balaban J connectivity index is 1.60. The second-order valence-electron chi connectivity index (χ2n) is 6.28. The first-order chi connectivity index (χ1) is 12.8. The Bertz CT molecular complexity index is 948. The number of fused-ring (bicyclic) bond motifs is 1. The molecule has 0 atom stereocenters. The van der Waals surface area contributed by atoms with E-state index in [1.165, 1.54) is 0 Å². The number of amides is 1. The molecule has 0 fully saturated rings. The highest BCUT2D eigenvalue weighted by Gasteiger charge is 2.17. The van der Waals surface area contributed by atoms with Crippen LogP contribution in [0.3, 0.4) is 0 Å². The Morgan fingerprint density at radius 1 is 1.12 bits per heavy atom. The SMILES string of the molecule is COc1ccccc1C(=O)Nc1cccc(-c2nnc3n2CCCC3)c1. The van der Waals surface area contributed by atoms with Gasteiger partial charge >= 0.3 is 0 Å². The smallest absolute Gasteiger partial charge is 0.259 e. The van der Waals surface area contributed by atoms with E-state index >= 15 is 0 Å². The summed E-state index contributed by atoms with van der Waals surface area (Å²) in [6.45, 7) is 0.940. The summed E-state index contributed by atoms with van der Waals surface area (Å²) >= 11 is 0. The van der Waals surface area contributed by atoms with Gasteiger partial charge in [0, 0.05) is 24.2 Å². The first-order valence-corrected chi connectivity index (χ1v) is 8.73. The number of aryl methyl sites for hydroxylation is 1. The van der Waals surface area contributed by atoms with E-state index in [1.54, 1.807) is 19.2 Å². The molecule has 1 N–H and O–H groups in total. The zero-order valence-corrected chi connectivity index (χ0v) is 14.6. The molecule has 3 aromatic rings. The van der Waals surface area contributed by atoms with E-state index in [-0.39, 0.29) is 5.91 Å². The third-order valence-corrected chi connectivity index (χ3v) is 4.59. The van der Waals surface area contributed by atoms with Crippen molar-refractivity contribution in [2.24, 2.45) is 0 Å². The maximum Gasteiger partial charge on any atom is 0.259 e. The van der Waals surface area contributed by atoms with Crippen molar-refractivity contribution >= 4 is 11.6 Å². The molecule has 0 bridgehead atoms. The summed E-state index contributed by atoms with van der Waals surface area (Å²) in [5.41, 5.74) is 2.16. The van der Waals surface area contributed by atoms with Crippen molar-refractivity contribution in [1.82, 2.24) is 14.8 Å². The third kappa shape index (κ3) is 3.06. The molecule has 1 aromatic heterocycles. The van der Waals surface area contributed by atoms with E-state index < -0.39 is 0 Å². The lowest BCUT2D eigenvalue weighted by atomic mass is 10.1. The average Bonchev–Trinajstić information content (AvgIpc) is 3.12. The molecular formula is C20H20N4O2. The largest absolute Gasteiger partial charge is 0.496 e. The molecule has 1 amide bonds. The van der Waals surface area contributed by atoms with Crippen LogP contribution < -0.4 is 10.1 Å². The molecule has 26 heavy (non-hydrogen) atoms. The van der Waals surface area contributed by atoms with Crippen LogP contribution in [0.25, 0.3) is 11.4 Å². The monoisotopic (exact) mass is 348 g/mol. The van der Waals surface area contributed by atoms with Gasteiger partial charge in [-0.05, 0) is 37.1 Å². The van der Waals surface area contributed by atoms with Crippen molar-refractivity contribution < 1.29 is 9.53 Å². The summed E-state index contributed by atoms with van der Waals surface area (Å²) in [5.74, 6) is 2.23. The molecule has 132 valence electrons. The van der Waals surface area contributed by atoms with Crippen LogP contribution >= 0.6 is 0 Å². The molecule has 0 saturated heterocycles. The highest BCUT2D eigenvalue weighted by Crippen LogP contribution is 2.26. The summed E-state index contributed by atoms with van der Waals surface area (Å²) < 4.78 is 7.44. The fourth-order valence-corrected chi connectivity index (χ4v) is 3.29. The molecule has 0 aliphatic carbocycles. The maximum absolute atomic E-state index is 12.6. The average molecular weight is 348 g/mol. The molecule has 0 unspecified atom stereocenters. The third-order valence-electron chi connectivity index (χ3n) is 4.59. The molecule has 6 heteroatoms. The van der Waals surface area contributed by atoms with Gasteiger partial charge in [-0.3, -0.25) is 4.79 Å². The van der Waals surface area contributed by atoms with Crippen molar-refractivity contribution in [3.63, 3.8) is 0 Å². The molecule has 2 heterocycles. The molecule has 4 rings (SSSR count). The van der Waals surface area contributed by atoms with Gasteiger partial charge in [-0.25, -0.2) is 0 Å². The van der Waals surface area contributed by atoms with Crippen LogP contribution in [0.4, 0.5) is 5.69 Å². The van der Waals surface area contributed by atoms with E-state index in [9.17, 15) is 4.79 Å². The van der Waals surface area contributed by atoms with Gasteiger partial charge in [0.15, 0.2) is 5.82 Å². The second kappa shape index (κ2) is 7.00. The van der Waals surface area contributed by atoms with Crippen LogP contribution in [0.1, 0.15) is 29.0 Å². The topological polar surface area (TPSA) is 69.0 Å². The van der Waals surface area contributed by atoms with Crippen molar-refractivity contribution in [2.45, 2.75) is 25.8 Å². The van der Waals surface area contributed by atoms with Crippen LogP contribution in [-0.4, -0.2) is 27.8 Å². The van der Waals surface area contributed by atoms with E-state index in [1.807, 2.05) is 36.4 Å². The molecule has 0 saturated carbocycles. The zero-order valence-electron chi connectivity index (χ0n) is 14.6. The van der Waals surface area contributed by atoms with Crippen molar-refractivity contribution in [1.29, 1.82) is 0 Å². The molecule has 6 nitrogen and oxygen atoms in total. The molecule has 1 aliphatic rings. The van der Waals surface area contributed by atoms with Gasteiger partial charge < -0.3 is 14.6 Å². The van der Waals surface area contributed by atoms with E-state index in [2.05, 4.69) is 20.1 Å². The number of carbonyl (C=O) groups excluding carboxylic acids is 1. The molecule has 1 aliphatic heterocycles. The van der Waals surface area contributed by atoms with Crippen molar-refractivity contribution in [2.75, 3.05) is 12.4 Å². The van der Waals surface area contributed by atoms with E-state index in [0.29, 0.717) is 17.0 Å². The van der Waals surface area contributed by atoms with Crippen LogP contribution in [0.15, 0.2) is 48.5 Å². The summed E-state index contributed by atoms with van der Waals surface area (Å²) in [5, 5.41) is 11.6. The normalized spacial score (nSPS) is 13.1. The number of anilines is 1. The summed E-state index contributed by atoms with van der Waals surface area (Å²) in [4.78, 5) is 12.6. The number of hydrogen-bond donors (Lipinski definition) is 1. The van der Waals surface area contributed by atoms with Crippen molar-refractivity contribution in [3.8, 4) is 17.1 Å². The van der Waals surface area contributed by atoms with Crippen LogP contribution in [0.2, 0.25) is 0 Å². The highest BCUT2D eigenvalue weighted by atomic mass is 16.5. The summed E-state index contributed by atoms with van der Waals surface area (Å²) in [6, 6.07) is 14.9. The predicted molar refractivity (Wildman–Crippen MR) is 99.3 cm³/mol. The lowest BCUT2D eigenvalue weighted by Gasteiger charge is -2.15. The van der Waals surface area contributed by atoms with Gasteiger partial charge in [0.1, 0.15) is 11.6 Å². The van der Waals surface area contributed by atoms with E-state index in [0.717, 1.165) is 43.0 Å². The number of aromatic nitrogens is 3. The minimum Gasteiger partial charge on any atom is -0.496 e. The van der Waals surface area contributed by atoms with Gasteiger partial charge in [0.2, 0.25) is 0 Å². The number of para-hydroxylation sites is 1. The van der Waals surface area contributed by atoms with Crippen LogP contribution in [0, 0.1) is 0 Å². The number of nitrogens with one attached hydrogen (secondary N) is 1. The Labute approximate surface area is 151 Å². The van der Waals surface area contributed by atoms with Crippen molar-refractivity contribution in [3.05, 3.63) is 59.9 Å². The summed E-state index contributed by atoms with van der Waals surface area (Å²) in [6.07, 6.45) is 3.27. The Kier molecular flexibility index (Phi) is 4.39. The van der Waals surface area contributed by atoms with Gasteiger partial charge in [0.25, 0.3) is 5.91 Å². The predicted octanol–water partition coefficient (Wildman–Crippen LogP) is 3.54. The number of nitrogens with zero attached hydrogens (tertiary/aromatic N) is 3. The Morgan fingerprint density at radius 3 is 2.88 bits per heavy atom. The number of methoxy groups -OCH3 is 1. The Morgan fingerprint density at radius 2 is 2.00 bits per heavy atom. The minimum absolute atomic E-state index is 0.206.